The van der Waals surface area contributed by atoms with E-state index in [1.54, 1.807) is 21.6 Å². The number of rotatable bonds is 7. The molecule has 3 aromatic carbocycles. The molecular weight excluding hydrogens is 611 g/mol. The number of pyridine rings is 2. The van der Waals surface area contributed by atoms with E-state index in [9.17, 15) is 19.5 Å². The maximum atomic E-state index is 15.6. The van der Waals surface area contributed by atoms with E-state index in [-0.39, 0.29) is 22.9 Å². The first-order chi connectivity index (χ1) is 23.3. The largest absolute Gasteiger partial charge is 0.477 e. The number of hydrogen-bond donors (Lipinski definition) is 1. The molecule has 5 aromatic rings. The summed E-state index contributed by atoms with van der Waals surface area (Å²) < 4.78 is 17.4. The number of carbonyl (C=O) groups is 2. The number of piperazine rings is 1. The highest BCUT2D eigenvalue weighted by Gasteiger charge is 2.34. The van der Waals surface area contributed by atoms with Gasteiger partial charge in [0.25, 0.3) is 5.91 Å². The molecule has 48 heavy (non-hydrogen) atoms. The summed E-state index contributed by atoms with van der Waals surface area (Å²) >= 11 is 0. The van der Waals surface area contributed by atoms with Crippen LogP contribution in [0.15, 0.2) is 101 Å². The molecule has 240 valence electrons. The number of hydrogen-bond acceptors (Lipinski definition) is 7. The Morgan fingerprint density at radius 1 is 0.938 bits per heavy atom. The van der Waals surface area contributed by atoms with Crippen LogP contribution in [0.3, 0.4) is 0 Å². The van der Waals surface area contributed by atoms with Crippen LogP contribution in [-0.2, 0) is 4.79 Å². The zero-order chi connectivity index (χ0) is 32.9. The predicted octanol–water partition coefficient (Wildman–Crippen LogP) is 5.13. The molecule has 1 saturated carbocycles. The van der Waals surface area contributed by atoms with Crippen molar-refractivity contribution in [3.63, 3.8) is 0 Å². The van der Waals surface area contributed by atoms with Gasteiger partial charge in [-0.05, 0) is 43.2 Å². The fourth-order valence-electron chi connectivity index (χ4n) is 6.53. The second kappa shape index (κ2) is 11.8. The number of fused-ring (bicyclic) bond motifs is 2. The maximum absolute atomic E-state index is 15.6. The summed E-state index contributed by atoms with van der Waals surface area (Å²) in [4.78, 5) is 53.7. The van der Waals surface area contributed by atoms with Crippen molar-refractivity contribution in [1.29, 1.82) is 0 Å². The van der Waals surface area contributed by atoms with Crippen molar-refractivity contribution in [2.45, 2.75) is 18.9 Å². The summed E-state index contributed by atoms with van der Waals surface area (Å²) in [6.07, 6.45) is 4.87. The number of benzene rings is 3. The van der Waals surface area contributed by atoms with E-state index < -0.39 is 17.2 Å². The molecule has 1 saturated heterocycles. The molecule has 10 nitrogen and oxygen atoms in total. The number of aromatic nitrogens is 2. The number of amides is 1. The molecule has 2 aromatic heterocycles. The predicted molar refractivity (Wildman–Crippen MR) is 182 cm³/mol. The van der Waals surface area contributed by atoms with Crippen molar-refractivity contribution in [3.05, 3.63) is 124 Å². The molecule has 2 aliphatic heterocycles. The molecule has 0 atom stereocenters. The van der Waals surface area contributed by atoms with Gasteiger partial charge in [0, 0.05) is 54.8 Å². The van der Waals surface area contributed by atoms with Crippen molar-refractivity contribution < 1.29 is 19.1 Å². The molecule has 1 N–H and O–H groups in total. The van der Waals surface area contributed by atoms with E-state index in [1.807, 2.05) is 71.6 Å². The van der Waals surface area contributed by atoms with Crippen LogP contribution >= 0.6 is 0 Å². The number of amidine groups is 1. The first-order valence-corrected chi connectivity index (χ1v) is 16.0. The third-order valence-corrected chi connectivity index (χ3v) is 9.21. The monoisotopic (exact) mass is 642 g/mol. The second-order valence-corrected chi connectivity index (χ2v) is 12.4. The van der Waals surface area contributed by atoms with E-state index >= 15 is 4.39 Å². The first kappa shape index (κ1) is 29.7. The molecule has 8 rings (SSSR count). The molecule has 0 spiro atoms. The summed E-state index contributed by atoms with van der Waals surface area (Å²) in [5, 5.41) is 10.6. The molecule has 1 amide bonds. The van der Waals surface area contributed by atoms with Gasteiger partial charge in [-0.1, -0.05) is 54.6 Å². The van der Waals surface area contributed by atoms with Crippen molar-refractivity contribution in [3.8, 4) is 0 Å². The fourth-order valence-corrected chi connectivity index (χ4v) is 6.53. The van der Waals surface area contributed by atoms with Gasteiger partial charge in [-0.3, -0.25) is 19.4 Å². The number of anilines is 1. The zero-order valence-corrected chi connectivity index (χ0v) is 25.9. The Labute approximate surface area is 274 Å². The number of aromatic carboxylic acids is 1. The highest BCUT2D eigenvalue weighted by molar-refractivity contribution is 6.19. The SMILES string of the molecule is O=C(O)c1cn(C2CC2)c2cc(N3CCN(CN4C(=O)C(=Cc5ccc6ccccc6n5)N=C4c4ccccc4)CC3)c(F)cc2c1=O. The minimum absolute atomic E-state index is 0.0738. The van der Waals surface area contributed by atoms with Gasteiger partial charge in [0.2, 0.25) is 5.43 Å². The Balaban J connectivity index is 1.03. The van der Waals surface area contributed by atoms with Gasteiger partial charge in [-0.2, -0.15) is 0 Å². The molecule has 0 bridgehead atoms. The molecule has 0 radical (unpaired) electrons. The number of carbonyl (C=O) groups excluding carboxylic acids is 1. The molecule has 0 unspecified atom stereocenters. The topological polar surface area (TPSA) is 111 Å². The van der Waals surface area contributed by atoms with Crippen LogP contribution in [0.2, 0.25) is 0 Å². The van der Waals surface area contributed by atoms with Crippen LogP contribution in [-0.4, -0.2) is 75.0 Å². The van der Waals surface area contributed by atoms with E-state index in [2.05, 4.69) is 4.90 Å². The lowest BCUT2D eigenvalue weighted by Gasteiger charge is -2.38. The van der Waals surface area contributed by atoms with Gasteiger partial charge < -0.3 is 14.6 Å². The fraction of sp³-hybridized carbons (Fsp3) is 0.216. The van der Waals surface area contributed by atoms with Crippen LogP contribution in [0.25, 0.3) is 27.9 Å². The minimum atomic E-state index is -1.32. The zero-order valence-electron chi connectivity index (χ0n) is 25.9. The van der Waals surface area contributed by atoms with E-state index in [4.69, 9.17) is 9.98 Å². The van der Waals surface area contributed by atoms with Crippen LogP contribution in [0.5, 0.6) is 0 Å². The first-order valence-electron chi connectivity index (χ1n) is 16.0. The highest BCUT2D eigenvalue weighted by atomic mass is 19.1. The Hall–Kier alpha value is -5.68. The summed E-state index contributed by atoms with van der Waals surface area (Å²) in [5.74, 6) is -1.54. The van der Waals surface area contributed by atoms with Crippen LogP contribution in [0.4, 0.5) is 10.1 Å². The molecule has 4 heterocycles. The average molecular weight is 643 g/mol. The number of nitrogens with zero attached hydrogens (tertiary/aromatic N) is 6. The molecule has 1 aliphatic carbocycles. The Morgan fingerprint density at radius 3 is 2.44 bits per heavy atom. The van der Waals surface area contributed by atoms with Crippen LogP contribution in [0, 0.1) is 5.82 Å². The number of carboxylic acid groups (broad SMARTS) is 1. The van der Waals surface area contributed by atoms with E-state index in [0.29, 0.717) is 61.3 Å². The Morgan fingerprint density at radius 2 is 1.69 bits per heavy atom. The maximum Gasteiger partial charge on any atom is 0.341 e. The van der Waals surface area contributed by atoms with Gasteiger partial charge in [0.15, 0.2) is 0 Å². The number of carboxylic acids is 1. The van der Waals surface area contributed by atoms with E-state index in [0.717, 1.165) is 29.3 Å². The number of aliphatic imine (C=N–C) groups is 1. The van der Waals surface area contributed by atoms with Gasteiger partial charge >= 0.3 is 5.97 Å². The van der Waals surface area contributed by atoms with E-state index in [1.165, 1.54) is 12.3 Å². The molecule has 2 fully saturated rings. The average Bonchev–Trinajstić information content (AvgIpc) is 3.91. The standard InChI is InChI=1S/C37H31FN6O4/c38-29-19-27-32(43(26-12-13-26)21-28(34(27)45)37(47)48)20-33(29)42-16-14-41(15-17-42)22-44-35(24-7-2-1-3-8-24)40-31(36(44)46)18-25-11-10-23-6-4-5-9-30(23)39-25/h1-11,18-21,26H,12-17,22H2,(H,47,48). The molecule has 11 heteroatoms. The third kappa shape index (κ3) is 5.41. The smallest absolute Gasteiger partial charge is 0.341 e. The lowest BCUT2D eigenvalue weighted by molar-refractivity contribution is -0.124. The van der Waals surface area contributed by atoms with Crippen molar-refractivity contribution in [2.24, 2.45) is 4.99 Å². The summed E-state index contributed by atoms with van der Waals surface area (Å²) in [5.41, 5.74) is 2.49. The summed E-state index contributed by atoms with van der Waals surface area (Å²) in [7, 11) is 0. The molecule has 3 aliphatic rings. The number of para-hydroxylation sites is 1. The summed E-state index contributed by atoms with van der Waals surface area (Å²) in [6, 6.07) is 24.2. The van der Waals surface area contributed by atoms with Crippen LogP contribution in [0.1, 0.15) is 40.5 Å². The van der Waals surface area contributed by atoms with Crippen LogP contribution < -0.4 is 10.3 Å². The van der Waals surface area contributed by atoms with Gasteiger partial charge in [0.1, 0.15) is 22.9 Å². The van der Waals surface area contributed by atoms with Crippen molar-refractivity contribution in [2.75, 3.05) is 37.7 Å². The van der Waals surface area contributed by atoms with Gasteiger partial charge in [0.05, 0.1) is 29.1 Å². The molecular formula is C37H31FN6O4. The summed E-state index contributed by atoms with van der Waals surface area (Å²) in [6.45, 7) is 2.41. The van der Waals surface area contributed by atoms with Gasteiger partial charge in [-0.15, -0.1) is 0 Å². The Kier molecular flexibility index (Phi) is 7.33. The van der Waals surface area contributed by atoms with Gasteiger partial charge in [-0.25, -0.2) is 19.2 Å². The lowest BCUT2D eigenvalue weighted by atomic mass is 10.1. The normalized spacial score (nSPS) is 17.9. The highest BCUT2D eigenvalue weighted by Crippen LogP contribution is 2.38. The number of halogens is 1. The minimum Gasteiger partial charge on any atom is -0.477 e. The Bertz CT molecular complexity index is 2240. The lowest BCUT2D eigenvalue weighted by Crippen LogP contribution is -2.51. The third-order valence-electron chi connectivity index (χ3n) is 9.21. The van der Waals surface area contributed by atoms with Crippen molar-refractivity contribution in [1.82, 2.24) is 19.4 Å². The second-order valence-electron chi connectivity index (χ2n) is 12.4. The quantitative estimate of drug-likeness (QED) is 0.245. The van der Waals surface area contributed by atoms with Crippen molar-refractivity contribution >= 4 is 51.3 Å².